The van der Waals surface area contributed by atoms with Crippen LogP contribution in [0.25, 0.3) is 0 Å². The summed E-state index contributed by atoms with van der Waals surface area (Å²) in [4.78, 5) is 49.7. The van der Waals surface area contributed by atoms with Gasteiger partial charge in [0.1, 0.15) is 0 Å². The number of hydrogen-bond donors (Lipinski definition) is 8. The molecule has 0 aromatic rings. The highest BCUT2D eigenvalue weighted by Crippen LogP contribution is 2.20. The molecule has 0 spiro atoms. The average molecular weight is 1440 g/mol. The van der Waals surface area contributed by atoms with Crippen LogP contribution in [-0.4, -0.2) is 302 Å². The zero-order chi connectivity index (χ0) is 68.1. The van der Waals surface area contributed by atoms with E-state index < -0.39 is 63.5 Å². The van der Waals surface area contributed by atoms with Gasteiger partial charge >= 0.3 is 24.1 Å². The first-order chi connectivity index (χ1) is 44.2. The molecular formula is C54H102N8O24S6. The Labute approximate surface area is 552 Å². The third-order valence-corrected chi connectivity index (χ3v) is 18.9. The number of rotatable bonds is 67. The van der Waals surface area contributed by atoms with Gasteiger partial charge in [0, 0.05) is 85.5 Å². The second kappa shape index (κ2) is 59.5. The quantitative estimate of drug-likeness (QED) is 0.0300. The maximum Gasteiger partial charge on any atom is 0.314 e. The van der Waals surface area contributed by atoms with E-state index in [1.165, 1.54) is 0 Å². The predicted molar refractivity (Wildman–Crippen MR) is 353 cm³/mol. The molecule has 8 N–H and O–H groups in total. The highest BCUT2D eigenvalue weighted by molar-refractivity contribution is 8.76. The molecule has 8 amide bonds. The molecule has 0 saturated heterocycles. The lowest BCUT2D eigenvalue weighted by molar-refractivity contribution is 0.00180. The van der Waals surface area contributed by atoms with Gasteiger partial charge in [0.2, 0.25) is 0 Å². The van der Waals surface area contributed by atoms with Gasteiger partial charge in [0.25, 0.3) is 0 Å². The molecule has 0 atom stereocenters. The topological polar surface area (TPSA) is 412 Å². The van der Waals surface area contributed by atoms with Crippen molar-refractivity contribution in [3.8, 4) is 0 Å². The molecule has 38 heteroatoms. The number of nitrogens with one attached hydrogen (secondary N) is 8. The van der Waals surface area contributed by atoms with Crippen molar-refractivity contribution in [2.75, 3.05) is 232 Å². The van der Waals surface area contributed by atoms with Gasteiger partial charge in [-0.1, -0.05) is 47.9 Å². The molecule has 0 saturated carbocycles. The lowest BCUT2D eigenvalue weighted by atomic mass is 10.2. The van der Waals surface area contributed by atoms with Crippen molar-refractivity contribution in [2.24, 2.45) is 0 Å². The van der Waals surface area contributed by atoms with Crippen LogP contribution in [0.1, 0.15) is 25.7 Å². The Morgan fingerprint density at radius 3 is 0.707 bits per heavy atom. The lowest BCUT2D eigenvalue weighted by Crippen LogP contribution is -2.40. The molecule has 538 valence electrons. The van der Waals surface area contributed by atoms with Crippen LogP contribution in [0.15, 0.2) is 47.9 Å². The Bertz CT molecular complexity index is 2110. The van der Waals surface area contributed by atoms with Crippen LogP contribution in [0.3, 0.4) is 0 Å². The van der Waals surface area contributed by atoms with Crippen molar-refractivity contribution in [1.82, 2.24) is 42.5 Å². The second-order valence-corrected chi connectivity index (χ2v) is 29.7. The first-order valence-electron chi connectivity index (χ1n) is 29.9. The fourth-order valence-electron chi connectivity index (χ4n) is 6.58. The van der Waals surface area contributed by atoms with Crippen molar-refractivity contribution in [2.45, 2.75) is 37.9 Å². The van der Waals surface area contributed by atoms with E-state index in [1.54, 1.807) is 21.6 Å². The summed E-state index contributed by atoms with van der Waals surface area (Å²) >= 11 is 0. The maximum atomic E-state index is 12.4. The Hall–Kier alpha value is -3.94. The van der Waals surface area contributed by atoms with Crippen LogP contribution in [0, 0.1) is 0 Å². The van der Waals surface area contributed by atoms with Crippen molar-refractivity contribution in [3.63, 3.8) is 0 Å². The Morgan fingerprint density at radius 2 is 0.478 bits per heavy atom. The minimum absolute atomic E-state index is 0.0181. The van der Waals surface area contributed by atoms with Crippen LogP contribution in [-0.2, 0) is 96.2 Å². The van der Waals surface area contributed by atoms with Crippen LogP contribution < -0.4 is 42.5 Å². The van der Waals surface area contributed by atoms with Crippen molar-refractivity contribution in [1.29, 1.82) is 0 Å². The number of ether oxygens (including phenoxy) is 12. The summed E-state index contributed by atoms with van der Waals surface area (Å²) in [5.74, 6) is 0.730. The Kier molecular flexibility index (Phi) is 57.0. The molecule has 0 aliphatic rings. The normalized spacial score (nSPS) is 11.9. The van der Waals surface area contributed by atoms with E-state index in [2.05, 4.69) is 68.9 Å². The fourth-order valence-corrected chi connectivity index (χ4v) is 10.4. The largest absolute Gasteiger partial charge is 0.378 e. The highest BCUT2D eigenvalue weighted by atomic mass is 33.1. The summed E-state index contributed by atoms with van der Waals surface area (Å²) in [5, 5.41) is 25.4. The third-order valence-electron chi connectivity index (χ3n) is 11.6. The molecule has 0 fully saturated rings. The van der Waals surface area contributed by atoms with Crippen molar-refractivity contribution < 1.29 is 110 Å². The van der Waals surface area contributed by atoms with E-state index in [4.69, 9.17) is 56.8 Å². The van der Waals surface area contributed by atoms with Crippen LogP contribution in [0.5, 0.6) is 0 Å². The van der Waals surface area contributed by atoms with E-state index in [0.29, 0.717) is 63.6 Å². The number of amides is 8. The maximum absolute atomic E-state index is 12.4. The lowest BCUT2D eigenvalue weighted by Gasteiger charge is -2.19. The first-order valence-corrected chi connectivity index (χ1v) is 39.3. The first kappa shape index (κ1) is 88.1. The molecule has 0 aromatic heterocycles. The van der Waals surface area contributed by atoms with Gasteiger partial charge in [-0.3, -0.25) is 0 Å². The molecule has 0 heterocycles. The molecule has 32 nitrogen and oxygen atoms in total. The molecule has 0 bridgehead atoms. The SMILES string of the molecule is C=CS(=O)(=O)CCOCCOCCNC(=O)NCCC(CCNC(=O)NCCOCCOCCS(=O)(=O)C=C)OCCOCCSSCCOCCOC(CCNC(=O)NCCOCCOCCS(=O)(=O)C=C)CCNC(=O)NCCOCCOCCS(=O)(=O)C=C. The summed E-state index contributed by atoms with van der Waals surface area (Å²) in [5.41, 5.74) is 0. The molecule has 0 aliphatic carbocycles. The van der Waals surface area contributed by atoms with E-state index in [1.807, 2.05) is 0 Å². The summed E-state index contributed by atoms with van der Waals surface area (Å²) < 4.78 is 158. The van der Waals surface area contributed by atoms with Gasteiger partial charge in [-0.05, 0) is 25.7 Å². The number of hydrogen-bond acceptors (Lipinski definition) is 26. The molecule has 0 radical (unpaired) electrons. The van der Waals surface area contributed by atoms with Gasteiger partial charge in [-0.2, -0.15) is 0 Å². The van der Waals surface area contributed by atoms with Gasteiger partial charge < -0.3 is 99.4 Å². The monoisotopic (exact) mass is 1440 g/mol. The van der Waals surface area contributed by atoms with Crippen LogP contribution in [0.2, 0.25) is 0 Å². The van der Waals surface area contributed by atoms with Crippen molar-refractivity contribution >= 4 is 85.1 Å². The van der Waals surface area contributed by atoms with E-state index in [-0.39, 0.29) is 207 Å². The van der Waals surface area contributed by atoms with E-state index >= 15 is 0 Å². The predicted octanol–water partition coefficient (Wildman–Crippen LogP) is 0.295. The summed E-state index contributed by atoms with van der Waals surface area (Å²) in [6.07, 6.45) is 1.06. The highest BCUT2D eigenvalue weighted by Gasteiger charge is 2.15. The third kappa shape index (κ3) is 61.0. The molecule has 0 unspecified atom stereocenters. The van der Waals surface area contributed by atoms with Gasteiger partial charge in [-0.15, -0.1) is 0 Å². The molecule has 92 heavy (non-hydrogen) atoms. The zero-order valence-electron chi connectivity index (χ0n) is 52.8. The van der Waals surface area contributed by atoms with Crippen LogP contribution >= 0.6 is 21.6 Å². The van der Waals surface area contributed by atoms with Gasteiger partial charge in [-0.25, -0.2) is 52.8 Å². The van der Waals surface area contributed by atoms with Crippen LogP contribution in [0.4, 0.5) is 19.2 Å². The average Bonchev–Trinajstić information content (AvgIpc) is 3.71. The van der Waals surface area contributed by atoms with E-state index in [9.17, 15) is 52.8 Å². The summed E-state index contributed by atoms with van der Waals surface area (Å²) in [7, 11) is -10.1. The van der Waals surface area contributed by atoms with Gasteiger partial charge in [0.15, 0.2) is 39.3 Å². The van der Waals surface area contributed by atoms with E-state index in [0.717, 1.165) is 21.6 Å². The Morgan fingerprint density at radius 1 is 0.283 bits per heavy atom. The molecule has 0 rings (SSSR count). The Balaban J connectivity index is 4.75. The minimum atomic E-state index is -3.34. The minimum Gasteiger partial charge on any atom is -0.378 e. The van der Waals surface area contributed by atoms with Gasteiger partial charge in [0.05, 0.1) is 181 Å². The molecule has 0 aliphatic heterocycles. The summed E-state index contributed by atoms with van der Waals surface area (Å²) in [6, 6.07) is -1.64. The smallest absolute Gasteiger partial charge is 0.314 e. The molecule has 0 aromatic carbocycles. The fraction of sp³-hybridized carbons (Fsp3) is 0.778. The zero-order valence-corrected chi connectivity index (χ0v) is 57.7. The number of sulfone groups is 4. The number of carbonyl (C=O) groups excluding carboxylic acids is 4. The summed E-state index contributed by atoms with van der Waals surface area (Å²) in [6.45, 7) is 19.7. The molecular weight excluding hydrogens is 1340 g/mol. The second-order valence-electron chi connectivity index (χ2n) is 18.8. The van der Waals surface area contributed by atoms with Crippen molar-refractivity contribution in [3.05, 3.63) is 47.9 Å². The number of carbonyl (C=O) groups is 4. The standard InChI is InChI=1S/C54H102N8O24S6/c1-5-89(67,68)45-39-81-29-25-75-21-17-59-51(63)55-13-9-49(10-14-56-52(64)60-18-22-76-26-30-82-40-46-90(69,70)6-2)85-35-33-79-37-43-87-88-44-38-80-34-36-86-50(11-15-57-53(65)61-19-23-77-27-31-83-41-47-91(71,72)7-3)12-16-58-54(66)62-20-24-78-28-32-84-42-48-92(73,74)8-4/h5-8,49-50H,1-4,9-48H2,(H2,55,59,63)(H2,56,60,64)(H2,57,61,65)(H2,58,62,66). The number of urea groups is 4.